The molecule has 0 fully saturated rings. The van der Waals surface area contributed by atoms with E-state index >= 15 is 0 Å². The lowest BCUT2D eigenvalue weighted by Crippen LogP contribution is -2.39. The predicted octanol–water partition coefficient (Wildman–Crippen LogP) is 3.43. The van der Waals surface area contributed by atoms with Gasteiger partial charge in [0.2, 0.25) is 5.91 Å². The zero-order valence-electron chi connectivity index (χ0n) is 16.6. The van der Waals surface area contributed by atoms with E-state index in [1.165, 1.54) is 14.2 Å². The van der Waals surface area contributed by atoms with E-state index in [0.29, 0.717) is 34.1 Å². The molecular formula is C22H18F2N2O5. The second kappa shape index (κ2) is 8.17. The number of hydrogen-bond donors (Lipinski definition) is 1. The SMILES string of the molecule is COc1ccc2c(c1)Oc1cc(OC)ccc1C2NC(=O)C1C=CC(C(F)F)=NC1=O. The number of allylic oxidation sites excluding steroid dienone is 1. The highest BCUT2D eigenvalue weighted by atomic mass is 19.3. The van der Waals surface area contributed by atoms with Crippen LogP contribution in [0.5, 0.6) is 23.0 Å². The summed E-state index contributed by atoms with van der Waals surface area (Å²) in [5, 5.41) is 2.82. The Morgan fingerprint density at radius 1 is 1.06 bits per heavy atom. The molecule has 2 aromatic rings. The van der Waals surface area contributed by atoms with Gasteiger partial charge in [0.25, 0.3) is 12.3 Å². The summed E-state index contributed by atoms with van der Waals surface area (Å²) >= 11 is 0. The predicted molar refractivity (Wildman–Crippen MR) is 107 cm³/mol. The summed E-state index contributed by atoms with van der Waals surface area (Å²) in [6.45, 7) is 0. The number of dihydropyridines is 1. The lowest BCUT2D eigenvalue weighted by Gasteiger charge is -2.30. The van der Waals surface area contributed by atoms with Crippen molar-refractivity contribution in [2.75, 3.05) is 14.2 Å². The number of carbonyl (C=O) groups is 2. The van der Waals surface area contributed by atoms with Crippen LogP contribution in [0.3, 0.4) is 0 Å². The van der Waals surface area contributed by atoms with E-state index in [1.54, 1.807) is 36.4 Å². The molecule has 0 bridgehead atoms. The molecule has 7 nitrogen and oxygen atoms in total. The number of hydrogen-bond acceptors (Lipinski definition) is 5. The summed E-state index contributed by atoms with van der Waals surface area (Å²) < 4.78 is 42.0. The Hall–Kier alpha value is -3.75. The topological polar surface area (TPSA) is 86.2 Å². The van der Waals surface area contributed by atoms with Crippen LogP contribution in [0.4, 0.5) is 8.78 Å². The lowest BCUT2D eigenvalue weighted by atomic mass is 9.93. The Kier molecular flexibility index (Phi) is 5.41. The van der Waals surface area contributed by atoms with Crippen molar-refractivity contribution < 1.29 is 32.6 Å². The maximum atomic E-state index is 12.9. The number of halogens is 2. The number of benzene rings is 2. The first kappa shape index (κ1) is 20.5. The molecule has 0 radical (unpaired) electrons. The number of fused-ring (bicyclic) bond motifs is 2. The minimum absolute atomic E-state index is 0.467. The van der Waals surface area contributed by atoms with Gasteiger partial charge in [0.1, 0.15) is 34.6 Å². The van der Waals surface area contributed by atoms with Crippen LogP contribution >= 0.6 is 0 Å². The van der Waals surface area contributed by atoms with Crippen LogP contribution in [-0.4, -0.2) is 38.2 Å². The largest absolute Gasteiger partial charge is 0.497 e. The molecule has 0 saturated heterocycles. The van der Waals surface area contributed by atoms with Gasteiger partial charge in [-0.25, -0.2) is 13.8 Å². The molecule has 0 aromatic heterocycles. The molecule has 0 aliphatic carbocycles. The van der Waals surface area contributed by atoms with Gasteiger partial charge in [-0.2, -0.15) is 0 Å². The monoisotopic (exact) mass is 428 g/mol. The molecule has 31 heavy (non-hydrogen) atoms. The van der Waals surface area contributed by atoms with Gasteiger partial charge >= 0.3 is 0 Å². The van der Waals surface area contributed by atoms with Crippen LogP contribution in [-0.2, 0) is 9.59 Å². The highest BCUT2D eigenvalue weighted by molar-refractivity contribution is 6.14. The standard InChI is InChI=1S/C22H18F2N2O5/c1-29-11-3-5-13-17(9-11)31-18-10-12(30-2)4-6-14(18)19(13)26-22(28)15-7-8-16(20(23)24)25-21(15)27/h3-10,15,19-20H,1-2H3,(H,26,28). The molecule has 4 rings (SSSR count). The second-order valence-electron chi connectivity index (χ2n) is 6.86. The molecule has 2 amide bonds. The van der Waals surface area contributed by atoms with Crippen LogP contribution in [0.2, 0.25) is 0 Å². The summed E-state index contributed by atoms with van der Waals surface area (Å²) in [5.41, 5.74) is 0.640. The van der Waals surface area contributed by atoms with E-state index in [0.717, 1.165) is 12.2 Å². The summed E-state index contributed by atoms with van der Waals surface area (Å²) in [4.78, 5) is 28.4. The summed E-state index contributed by atoms with van der Waals surface area (Å²) in [5.74, 6) is -0.832. The summed E-state index contributed by atoms with van der Waals surface area (Å²) in [6.07, 6.45) is -0.754. The number of nitrogens with one attached hydrogen (secondary N) is 1. The van der Waals surface area contributed by atoms with Gasteiger partial charge < -0.3 is 19.5 Å². The maximum absolute atomic E-state index is 12.9. The number of methoxy groups -OCH3 is 2. The number of nitrogens with zero attached hydrogens (tertiary/aromatic N) is 1. The minimum atomic E-state index is -2.89. The first-order valence-corrected chi connectivity index (χ1v) is 9.34. The minimum Gasteiger partial charge on any atom is -0.497 e. The van der Waals surface area contributed by atoms with Crippen molar-refractivity contribution in [1.29, 1.82) is 0 Å². The Morgan fingerprint density at radius 3 is 2.13 bits per heavy atom. The molecule has 160 valence electrons. The maximum Gasteiger partial charge on any atom is 0.280 e. The molecule has 1 N–H and O–H groups in total. The van der Waals surface area contributed by atoms with Gasteiger partial charge in [-0.1, -0.05) is 6.08 Å². The van der Waals surface area contributed by atoms with E-state index in [9.17, 15) is 18.4 Å². The fourth-order valence-electron chi connectivity index (χ4n) is 3.44. The first-order chi connectivity index (χ1) is 14.9. The van der Waals surface area contributed by atoms with Crippen LogP contribution in [0.25, 0.3) is 0 Å². The average molecular weight is 428 g/mol. The number of aliphatic imine (C=N–C) groups is 1. The van der Waals surface area contributed by atoms with Gasteiger partial charge in [0.15, 0.2) is 0 Å². The molecule has 2 aliphatic heterocycles. The fraction of sp³-hybridized carbons (Fsp3) is 0.227. The third-order valence-corrected chi connectivity index (χ3v) is 5.04. The third-order valence-electron chi connectivity index (χ3n) is 5.04. The number of rotatable bonds is 5. The van der Waals surface area contributed by atoms with Crippen molar-refractivity contribution >= 4 is 17.5 Å². The highest BCUT2D eigenvalue weighted by Gasteiger charge is 2.34. The number of carbonyl (C=O) groups excluding carboxylic acids is 2. The molecule has 2 heterocycles. The number of ether oxygens (including phenoxy) is 3. The summed E-state index contributed by atoms with van der Waals surface area (Å²) in [6, 6.07) is 9.66. The normalized spacial score (nSPS) is 17.4. The average Bonchev–Trinajstić information content (AvgIpc) is 2.77. The van der Waals surface area contributed by atoms with Gasteiger partial charge in [0, 0.05) is 23.3 Å². The smallest absolute Gasteiger partial charge is 0.280 e. The fourth-order valence-corrected chi connectivity index (χ4v) is 3.44. The van der Waals surface area contributed by atoms with E-state index < -0.39 is 35.9 Å². The Morgan fingerprint density at radius 2 is 1.65 bits per heavy atom. The van der Waals surface area contributed by atoms with Crippen LogP contribution < -0.4 is 19.5 Å². The van der Waals surface area contributed by atoms with Crippen LogP contribution in [0, 0.1) is 5.92 Å². The van der Waals surface area contributed by atoms with Crippen molar-refractivity contribution in [1.82, 2.24) is 5.32 Å². The van der Waals surface area contributed by atoms with Gasteiger partial charge in [-0.05, 0) is 30.3 Å². The molecule has 0 spiro atoms. The van der Waals surface area contributed by atoms with Crippen molar-refractivity contribution in [3.63, 3.8) is 0 Å². The Balaban J connectivity index is 1.67. The molecule has 1 atom stereocenters. The van der Waals surface area contributed by atoms with Crippen LogP contribution in [0.15, 0.2) is 53.5 Å². The molecule has 0 saturated carbocycles. The molecule has 9 heteroatoms. The molecule has 2 aliphatic rings. The highest BCUT2D eigenvalue weighted by Crippen LogP contribution is 2.45. The Labute approximate surface area is 176 Å². The molecule has 1 unspecified atom stereocenters. The molecular weight excluding hydrogens is 410 g/mol. The zero-order chi connectivity index (χ0) is 22.1. The van der Waals surface area contributed by atoms with Crippen LogP contribution in [0.1, 0.15) is 17.2 Å². The van der Waals surface area contributed by atoms with E-state index in [-0.39, 0.29) is 0 Å². The third kappa shape index (κ3) is 3.86. The Bertz CT molecular complexity index is 1060. The number of amides is 2. The van der Waals surface area contributed by atoms with Crippen molar-refractivity contribution in [3.05, 3.63) is 59.7 Å². The number of alkyl halides is 2. The van der Waals surface area contributed by atoms with E-state index in [2.05, 4.69) is 10.3 Å². The van der Waals surface area contributed by atoms with Gasteiger partial charge in [-0.3, -0.25) is 9.59 Å². The lowest BCUT2D eigenvalue weighted by molar-refractivity contribution is -0.131. The van der Waals surface area contributed by atoms with Crippen molar-refractivity contribution in [2.45, 2.75) is 12.5 Å². The van der Waals surface area contributed by atoms with Gasteiger partial charge in [0.05, 0.1) is 20.3 Å². The van der Waals surface area contributed by atoms with Crippen molar-refractivity contribution in [2.24, 2.45) is 10.9 Å². The van der Waals surface area contributed by atoms with Crippen molar-refractivity contribution in [3.8, 4) is 23.0 Å². The molecule has 2 aromatic carbocycles. The zero-order valence-corrected chi connectivity index (χ0v) is 16.6. The van der Waals surface area contributed by atoms with Gasteiger partial charge in [-0.15, -0.1) is 0 Å². The summed E-state index contributed by atoms with van der Waals surface area (Å²) in [7, 11) is 3.05. The first-order valence-electron chi connectivity index (χ1n) is 9.34. The van der Waals surface area contributed by atoms with E-state index in [1.807, 2.05) is 0 Å². The quantitative estimate of drug-likeness (QED) is 0.738. The second-order valence-corrected chi connectivity index (χ2v) is 6.86. The van der Waals surface area contributed by atoms with E-state index in [4.69, 9.17) is 14.2 Å².